The number of hydrogen-bond acceptors (Lipinski definition) is 4. The molecule has 94 valence electrons. The van der Waals surface area contributed by atoms with E-state index in [-0.39, 0.29) is 6.61 Å². The summed E-state index contributed by atoms with van der Waals surface area (Å²) in [5.41, 5.74) is 1.93. The second kappa shape index (κ2) is 6.12. The van der Waals surface area contributed by atoms with Gasteiger partial charge in [-0.15, -0.1) is 10.2 Å². The molecule has 4 nitrogen and oxygen atoms in total. The summed E-state index contributed by atoms with van der Waals surface area (Å²) >= 11 is 0. The van der Waals surface area contributed by atoms with E-state index in [1.807, 2.05) is 54.4 Å². The largest absolute Gasteiger partial charge is 0.396 e. The van der Waals surface area contributed by atoms with Gasteiger partial charge in [0.1, 0.15) is 0 Å². The molecular formula is C14H17N3O. The van der Waals surface area contributed by atoms with Crippen LogP contribution in [-0.2, 0) is 0 Å². The standard InChI is InChI=1S/C14H17N3O/c1-17(10-5-11-18)14-9-8-13(15-16-14)12-6-3-2-4-7-12/h2-4,6-9,18H,5,10-11H2,1H3. The van der Waals surface area contributed by atoms with Gasteiger partial charge < -0.3 is 10.0 Å². The zero-order chi connectivity index (χ0) is 12.8. The molecule has 0 aliphatic carbocycles. The molecule has 1 aromatic carbocycles. The summed E-state index contributed by atoms with van der Waals surface area (Å²) in [6.07, 6.45) is 0.735. The first-order valence-corrected chi connectivity index (χ1v) is 6.02. The van der Waals surface area contributed by atoms with Crippen molar-refractivity contribution in [3.8, 4) is 11.3 Å². The van der Waals surface area contributed by atoms with Crippen LogP contribution in [0.3, 0.4) is 0 Å². The van der Waals surface area contributed by atoms with Gasteiger partial charge in [-0.25, -0.2) is 0 Å². The van der Waals surface area contributed by atoms with Crippen LogP contribution in [0.15, 0.2) is 42.5 Å². The summed E-state index contributed by atoms with van der Waals surface area (Å²) in [6.45, 7) is 0.968. The molecular weight excluding hydrogens is 226 g/mol. The van der Waals surface area contributed by atoms with Crippen LogP contribution in [0.4, 0.5) is 5.82 Å². The van der Waals surface area contributed by atoms with Crippen molar-refractivity contribution in [2.45, 2.75) is 6.42 Å². The molecule has 4 heteroatoms. The quantitative estimate of drug-likeness (QED) is 0.872. The van der Waals surface area contributed by atoms with Crippen molar-refractivity contribution in [3.63, 3.8) is 0 Å². The van der Waals surface area contributed by atoms with E-state index in [9.17, 15) is 0 Å². The van der Waals surface area contributed by atoms with Gasteiger partial charge in [0.15, 0.2) is 5.82 Å². The summed E-state index contributed by atoms with van der Waals surface area (Å²) < 4.78 is 0. The van der Waals surface area contributed by atoms with Crippen LogP contribution in [0.1, 0.15) is 6.42 Å². The van der Waals surface area contributed by atoms with E-state index < -0.39 is 0 Å². The number of rotatable bonds is 5. The van der Waals surface area contributed by atoms with Crippen molar-refractivity contribution in [2.24, 2.45) is 0 Å². The number of aromatic nitrogens is 2. The van der Waals surface area contributed by atoms with Gasteiger partial charge in [0.2, 0.25) is 0 Å². The van der Waals surface area contributed by atoms with E-state index >= 15 is 0 Å². The minimum Gasteiger partial charge on any atom is -0.396 e. The second-order valence-electron chi connectivity index (χ2n) is 4.14. The Balaban J connectivity index is 2.10. The van der Waals surface area contributed by atoms with Crippen LogP contribution in [0.5, 0.6) is 0 Å². The van der Waals surface area contributed by atoms with E-state index in [1.54, 1.807) is 0 Å². The molecule has 1 aromatic heterocycles. The van der Waals surface area contributed by atoms with Gasteiger partial charge in [-0.2, -0.15) is 0 Å². The normalized spacial score (nSPS) is 10.3. The van der Waals surface area contributed by atoms with E-state index in [2.05, 4.69) is 10.2 Å². The summed E-state index contributed by atoms with van der Waals surface area (Å²) in [7, 11) is 1.95. The van der Waals surface area contributed by atoms with Crippen molar-refractivity contribution in [1.29, 1.82) is 0 Å². The molecule has 2 aromatic rings. The zero-order valence-electron chi connectivity index (χ0n) is 10.5. The van der Waals surface area contributed by atoms with Gasteiger partial charge >= 0.3 is 0 Å². The van der Waals surface area contributed by atoms with E-state index in [0.29, 0.717) is 0 Å². The molecule has 2 rings (SSSR count). The fourth-order valence-corrected chi connectivity index (χ4v) is 1.71. The predicted octanol–water partition coefficient (Wildman–Crippen LogP) is 1.96. The number of hydrogen-bond donors (Lipinski definition) is 1. The average Bonchev–Trinajstić information content (AvgIpc) is 2.46. The molecule has 0 atom stereocenters. The first-order valence-electron chi connectivity index (χ1n) is 6.02. The third-order valence-corrected chi connectivity index (χ3v) is 2.76. The SMILES string of the molecule is CN(CCCO)c1ccc(-c2ccccc2)nn1. The van der Waals surface area contributed by atoms with Gasteiger partial charge in [-0.05, 0) is 18.6 Å². The lowest BCUT2D eigenvalue weighted by atomic mass is 10.1. The third-order valence-electron chi connectivity index (χ3n) is 2.76. The first-order chi connectivity index (χ1) is 8.81. The number of anilines is 1. The van der Waals surface area contributed by atoms with Crippen molar-refractivity contribution < 1.29 is 5.11 Å². The van der Waals surface area contributed by atoms with Gasteiger partial charge in [-0.3, -0.25) is 0 Å². The first kappa shape index (κ1) is 12.5. The predicted molar refractivity (Wildman–Crippen MR) is 72.4 cm³/mol. The van der Waals surface area contributed by atoms with Crippen LogP contribution in [0.2, 0.25) is 0 Å². The van der Waals surface area contributed by atoms with Crippen LogP contribution in [0.25, 0.3) is 11.3 Å². The highest BCUT2D eigenvalue weighted by Gasteiger charge is 2.04. The lowest BCUT2D eigenvalue weighted by molar-refractivity contribution is 0.290. The Morgan fingerprint density at radius 2 is 1.83 bits per heavy atom. The van der Waals surface area contributed by atoms with Crippen molar-refractivity contribution in [3.05, 3.63) is 42.5 Å². The Hall–Kier alpha value is -1.94. The summed E-state index contributed by atoms with van der Waals surface area (Å²) in [6, 6.07) is 13.9. The van der Waals surface area contributed by atoms with E-state index in [4.69, 9.17) is 5.11 Å². The number of aliphatic hydroxyl groups excluding tert-OH is 1. The molecule has 1 N–H and O–H groups in total. The minimum absolute atomic E-state index is 0.194. The van der Waals surface area contributed by atoms with Crippen molar-refractivity contribution >= 4 is 5.82 Å². The molecule has 0 saturated heterocycles. The molecule has 0 saturated carbocycles. The highest BCUT2D eigenvalue weighted by molar-refractivity contribution is 5.59. The summed E-state index contributed by atoms with van der Waals surface area (Å²) in [4.78, 5) is 1.98. The summed E-state index contributed by atoms with van der Waals surface area (Å²) in [5.74, 6) is 0.822. The fraction of sp³-hybridized carbons (Fsp3) is 0.286. The van der Waals surface area contributed by atoms with Crippen LogP contribution >= 0.6 is 0 Å². The second-order valence-corrected chi connectivity index (χ2v) is 4.14. The van der Waals surface area contributed by atoms with Gasteiger partial charge in [-0.1, -0.05) is 30.3 Å². The van der Waals surface area contributed by atoms with Crippen molar-refractivity contribution in [2.75, 3.05) is 25.1 Å². The summed E-state index contributed by atoms with van der Waals surface area (Å²) in [5, 5.41) is 17.2. The molecule has 0 bridgehead atoms. The smallest absolute Gasteiger partial charge is 0.151 e. The Morgan fingerprint density at radius 1 is 1.06 bits per heavy atom. The molecule has 0 aliphatic heterocycles. The van der Waals surface area contributed by atoms with Gasteiger partial charge in [0, 0.05) is 25.8 Å². The van der Waals surface area contributed by atoms with Crippen LogP contribution in [-0.4, -0.2) is 35.5 Å². The average molecular weight is 243 g/mol. The maximum absolute atomic E-state index is 8.79. The zero-order valence-corrected chi connectivity index (χ0v) is 10.5. The molecule has 0 unspecified atom stereocenters. The Bertz CT molecular complexity index is 470. The molecule has 0 radical (unpaired) electrons. The Morgan fingerprint density at radius 3 is 2.44 bits per heavy atom. The number of nitrogens with zero attached hydrogens (tertiary/aromatic N) is 3. The number of benzene rings is 1. The highest BCUT2D eigenvalue weighted by atomic mass is 16.3. The Kier molecular flexibility index (Phi) is 4.25. The lowest BCUT2D eigenvalue weighted by Crippen LogP contribution is -2.20. The van der Waals surface area contributed by atoms with E-state index in [1.165, 1.54) is 0 Å². The molecule has 0 aliphatic rings. The number of aliphatic hydroxyl groups is 1. The maximum Gasteiger partial charge on any atom is 0.151 e. The van der Waals surface area contributed by atoms with Crippen LogP contribution < -0.4 is 4.90 Å². The lowest BCUT2D eigenvalue weighted by Gasteiger charge is -2.16. The topological polar surface area (TPSA) is 49.2 Å². The fourth-order valence-electron chi connectivity index (χ4n) is 1.71. The molecule has 0 amide bonds. The maximum atomic E-state index is 8.79. The van der Waals surface area contributed by atoms with E-state index in [0.717, 1.165) is 30.0 Å². The third kappa shape index (κ3) is 3.05. The molecule has 0 spiro atoms. The van der Waals surface area contributed by atoms with Gasteiger partial charge in [0.05, 0.1) is 5.69 Å². The highest BCUT2D eigenvalue weighted by Crippen LogP contribution is 2.17. The molecule has 0 fully saturated rings. The molecule has 18 heavy (non-hydrogen) atoms. The van der Waals surface area contributed by atoms with Gasteiger partial charge in [0.25, 0.3) is 0 Å². The van der Waals surface area contributed by atoms with Crippen molar-refractivity contribution in [1.82, 2.24) is 10.2 Å². The van der Waals surface area contributed by atoms with Crippen LogP contribution in [0, 0.1) is 0 Å². The monoisotopic (exact) mass is 243 g/mol. The minimum atomic E-state index is 0.194. The Labute approximate surface area is 107 Å². The molecule has 1 heterocycles.